The van der Waals surface area contributed by atoms with E-state index in [4.69, 9.17) is 15.6 Å². The van der Waals surface area contributed by atoms with E-state index >= 15 is 0 Å². The lowest BCUT2D eigenvalue weighted by Crippen LogP contribution is -2.52. The maximum absolute atomic E-state index is 13.0. The number of benzene rings is 2. The monoisotopic (exact) mass is 440 g/mol. The van der Waals surface area contributed by atoms with Crippen LogP contribution in [0.25, 0.3) is 0 Å². The van der Waals surface area contributed by atoms with Crippen LogP contribution < -0.4 is 10.5 Å². The molecule has 162 valence electrons. The highest BCUT2D eigenvalue weighted by molar-refractivity contribution is 7.89. The van der Waals surface area contributed by atoms with Gasteiger partial charge in [0.1, 0.15) is 23.0 Å². The molecule has 4 N–H and O–H groups in total. The molecule has 11 heteroatoms. The lowest BCUT2D eigenvalue weighted by atomic mass is 10.1. The number of nitrogens with zero attached hydrogens (tertiary/aromatic N) is 1. The number of rotatable bonds is 10. The average Bonchev–Trinajstić information content (AvgIpc) is 2.62. The zero-order valence-electron chi connectivity index (χ0n) is 16.0. The van der Waals surface area contributed by atoms with Gasteiger partial charge in [-0.1, -0.05) is 0 Å². The Labute approximate surface area is 172 Å². The van der Waals surface area contributed by atoms with Crippen molar-refractivity contribution in [3.63, 3.8) is 0 Å². The van der Waals surface area contributed by atoms with Crippen LogP contribution in [-0.4, -0.2) is 47.1 Å². The topological polar surface area (TPSA) is 147 Å². The molecule has 0 radical (unpaired) electrons. The van der Waals surface area contributed by atoms with E-state index in [0.717, 1.165) is 6.92 Å². The highest BCUT2D eigenvalue weighted by Crippen LogP contribution is 2.28. The Kier molecular flexibility index (Phi) is 7.13. The number of carbonyl (C=O) groups is 2. The Morgan fingerprint density at radius 2 is 1.60 bits per heavy atom. The van der Waals surface area contributed by atoms with Crippen molar-refractivity contribution in [2.24, 2.45) is 5.73 Å². The van der Waals surface area contributed by atoms with Crippen LogP contribution >= 0.6 is 0 Å². The van der Waals surface area contributed by atoms with E-state index in [2.05, 4.69) is 0 Å². The molecule has 0 spiro atoms. The molecule has 2 rings (SSSR count). The van der Waals surface area contributed by atoms with E-state index in [1.807, 2.05) is 0 Å². The second-order valence-electron chi connectivity index (χ2n) is 6.61. The first-order valence-corrected chi connectivity index (χ1v) is 10.1. The molecule has 0 bridgehead atoms. The van der Waals surface area contributed by atoms with Gasteiger partial charge in [0.2, 0.25) is 15.9 Å². The van der Waals surface area contributed by atoms with Crippen LogP contribution in [-0.2, 0) is 19.6 Å². The summed E-state index contributed by atoms with van der Waals surface area (Å²) >= 11 is 0. The number of nitrogens with two attached hydrogens (primary N) is 1. The Morgan fingerprint density at radius 3 is 2.07 bits per heavy atom. The minimum Gasteiger partial charge on any atom is -0.481 e. The van der Waals surface area contributed by atoms with Crippen LogP contribution in [0.3, 0.4) is 0 Å². The number of aliphatic hydroxyl groups is 1. The number of hydrogen-bond acceptors (Lipinski definition) is 6. The highest BCUT2D eigenvalue weighted by atomic mass is 32.2. The van der Waals surface area contributed by atoms with Crippen molar-refractivity contribution in [3.05, 3.63) is 54.3 Å². The molecule has 0 aromatic heterocycles. The Hall–Kier alpha value is -3.02. The molecule has 0 saturated heterocycles. The van der Waals surface area contributed by atoms with Gasteiger partial charge >= 0.3 is 5.97 Å². The molecule has 1 amide bonds. The second-order valence-corrected chi connectivity index (χ2v) is 8.47. The number of aliphatic carboxylic acids is 1. The quantitative estimate of drug-likeness (QED) is 0.476. The van der Waals surface area contributed by atoms with Crippen LogP contribution in [0.15, 0.2) is 53.4 Å². The third-order valence-electron chi connectivity index (χ3n) is 4.04. The standard InChI is InChI=1S/C19H21FN2O7S/c1-19(26,12-17(21)23)22(11-10-18(24)25)30(27,28)16-8-6-15(7-9-16)29-14-4-2-13(20)3-5-14/h2-9,26H,10-12H2,1H3,(H2,21,23)(H,24,25). The normalized spacial score (nSPS) is 13.6. The first kappa shape index (κ1) is 23.3. The maximum Gasteiger partial charge on any atom is 0.304 e. The zero-order valence-corrected chi connectivity index (χ0v) is 16.8. The summed E-state index contributed by atoms with van der Waals surface area (Å²) in [6.45, 7) is 0.481. The van der Waals surface area contributed by atoms with Gasteiger partial charge in [-0.15, -0.1) is 0 Å². The van der Waals surface area contributed by atoms with Gasteiger partial charge in [0.25, 0.3) is 0 Å². The molecule has 1 unspecified atom stereocenters. The van der Waals surface area contributed by atoms with E-state index in [0.29, 0.717) is 10.1 Å². The van der Waals surface area contributed by atoms with Crippen molar-refractivity contribution < 1.29 is 37.3 Å². The molecule has 1 atom stereocenters. The lowest BCUT2D eigenvalue weighted by Gasteiger charge is -2.35. The fourth-order valence-electron chi connectivity index (χ4n) is 2.68. The number of amides is 1. The molecule has 0 heterocycles. The van der Waals surface area contributed by atoms with Crippen LogP contribution in [0.5, 0.6) is 11.5 Å². The fraction of sp³-hybridized carbons (Fsp3) is 0.263. The predicted octanol–water partition coefficient (Wildman–Crippen LogP) is 1.67. The van der Waals surface area contributed by atoms with Gasteiger partial charge in [-0.05, 0) is 55.5 Å². The summed E-state index contributed by atoms with van der Waals surface area (Å²) in [5.74, 6) is -2.08. The second kappa shape index (κ2) is 9.20. The van der Waals surface area contributed by atoms with Crippen LogP contribution in [0.2, 0.25) is 0 Å². The molecule has 2 aromatic carbocycles. The van der Waals surface area contributed by atoms with E-state index in [1.165, 1.54) is 48.5 Å². The molecule has 2 aromatic rings. The number of ether oxygens (including phenoxy) is 1. The van der Waals surface area contributed by atoms with Gasteiger partial charge in [0, 0.05) is 6.54 Å². The Balaban J connectivity index is 2.31. The summed E-state index contributed by atoms with van der Waals surface area (Å²) in [4.78, 5) is 21.9. The summed E-state index contributed by atoms with van der Waals surface area (Å²) in [7, 11) is -4.39. The van der Waals surface area contributed by atoms with Gasteiger partial charge in [0.05, 0.1) is 17.7 Å². The van der Waals surface area contributed by atoms with E-state index in [9.17, 15) is 27.5 Å². The SMILES string of the molecule is CC(O)(CC(N)=O)N(CCC(=O)O)S(=O)(=O)c1ccc(Oc2ccc(F)cc2)cc1. The molecule has 0 saturated carbocycles. The molecular weight excluding hydrogens is 419 g/mol. The van der Waals surface area contributed by atoms with Gasteiger partial charge in [-0.25, -0.2) is 12.8 Å². The molecular formula is C19H21FN2O7S. The fourth-order valence-corrected chi connectivity index (χ4v) is 4.33. The van der Waals surface area contributed by atoms with E-state index in [-0.39, 0.29) is 10.6 Å². The number of halogens is 1. The van der Waals surface area contributed by atoms with Crippen molar-refractivity contribution in [2.75, 3.05) is 6.54 Å². The third kappa shape index (κ3) is 5.99. The van der Waals surface area contributed by atoms with Crippen LogP contribution in [0, 0.1) is 5.82 Å². The number of carboxylic acids is 1. The third-order valence-corrected chi connectivity index (χ3v) is 6.06. The number of hydrogen-bond donors (Lipinski definition) is 3. The summed E-state index contributed by atoms with van der Waals surface area (Å²) in [6.07, 6.45) is -1.32. The first-order valence-electron chi connectivity index (χ1n) is 8.70. The molecule has 0 aliphatic carbocycles. The van der Waals surface area contributed by atoms with Crippen molar-refractivity contribution in [3.8, 4) is 11.5 Å². The van der Waals surface area contributed by atoms with Crippen molar-refractivity contribution in [2.45, 2.75) is 30.4 Å². The van der Waals surface area contributed by atoms with Crippen molar-refractivity contribution >= 4 is 21.9 Å². The first-order chi connectivity index (χ1) is 13.9. The largest absolute Gasteiger partial charge is 0.481 e. The van der Waals surface area contributed by atoms with E-state index in [1.54, 1.807) is 0 Å². The Bertz CT molecular complexity index is 1010. The summed E-state index contributed by atoms with van der Waals surface area (Å²) in [5.41, 5.74) is 2.85. The average molecular weight is 440 g/mol. The van der Waals surface area contributed by atoms with Gasteiger partial charge in [0.15, 0.2) is 0 Å². The van der Waals surface area contributed by atoms with Crippen molar-refractivity contribution in [1.29, 1.82) is 0 Å². The van der Waals surface area contributed by atoms with Gasteiger partial charge < -0.3 is 20.7 Å². The molecule has 0 aliphatic rings. The van der Waals surface area contributed by atoms with Gasteiger partial charge in [-0.3, -0.25) is 9.59 Å². The van der Waals surface area contributed by atoms with Gasteiger partial charge in [-0.2, -0.15) is 4.31 Å². The Morgan fingerprint density at radius 1 is 1.10 bits per heavy atom. The van der Waals surface area contributed by atoms with Crippen LogP contribution in [0.4, 0.5) is 4.39 Å². The number of primary amides is 1. The molecule has 0 fully saturated rings. The number of carbonyl (C=O) groups excluding carboxylic acids is 1. The zero-order chi connectivity index (χ0) is 22.5. The molecule has 30 heavy (non-hydrogen) atoms. The smallest absolute Gasteiger partial charge is 0.304 e. The number of sulfonamides is 1. The molecule has 0 aliphatic heterocycles. The minimum atomic E-state index is -4.39. The summed E-state index contributed by atoms with van der Waals surface area (Å²) in [6, 6.07) is 10.3. The lowest BCUT2D eigenvalue weighted by molar-refractivity contribution is -0.138. The number of carboxylic acid groups (broad SMARTS) is 1. The maximum atomic E-state index is 13.0. The minimum absolute atomic E-state index is 0.260. The predicted molar refractivity (Wildman–Crippen MR) is 103 cm³/mol. The highest BCUT2D eigenvalue weighted by Gasteiger charge is 2.40. The summed E-state index contributed by atoms with van der Waals surface area (Å²) in [5, 5.41) is 19.4. The molecule has 9 nitrogen and oxygen atoms in total. The summed E-state index contributed by atoms with van der Waals surface area (Å²) < 4.78 is 45.0. The van der Waals surface area contributed by atoms with Crippen molar-refractivity contribution in [1.82, 2.24) is 4.31 Å². The van der Waals surface area contributed by atoms with Crippen LogP contribution in [0.1, 0.15) is 19.8 Å². The van der Waals surface area contributed by atoms with E-state index < -0.39 is 52.8 Å².